The van der Waals surface area contributed by atoms with Gasteiger partial charge in [-0.2, -0.15) is 0 Å². The highest BCUT2D eigenvalue weighted by atomic mass is 127. The molecule has 27 heavy (non-hydrogen) atoms. The standard InChI is InChI=1S/C19H30Cl2N4O.HI/c1-2-22-19(23-7-3-4-8-25-9-5-6-10-25)24-14-18(26)15-11-16(20)13-17(21)12-15;/h11-13,18,26H,2-10,14H2,1H3,(H2,22,23,24);1H. The molecule has 1 fully saturated rings. The third-order valence-electron chi connectivity index (χ3n) is 4.43. The summed E-state index contributed by atoms with van der Waals surface area (Å²) in [4.78, 5) is 7.01. The molecule has 0 aliphatic carbocycles. The average Bonchev–Trinajstić information content (AvgIpc) is 3.11. The van der Waals surface area contributed by atoms with Crippen molar-refractivity contribution in [3.63, 3.8) is 0 Å². The van der Waals surface area contributed by atoms with Crippen molar-refractivity contribution < 1.29 is 5.11 Å². The molecule has 8 heteroatoms. The van der Waals surface area contributed by atoms with E-state index in [-0.39, 0.29) is 30.5 Å². The van der Waals surface area contributed by atoms with Gasteiger partial charge in [0, 0.05) is 23.1 Å². The number of hydrogen-bond acceptors (Lipinski definition) is 3. The summed E-state index contributed by atoms with van der Waals surface area (Å²) < 4.78 is 0. The first-order chi connectivity index (χ1) is 12.6. The minimum atomic E-state index is -0.739. The highest BCUT2D eigenvalue weighted by molar-refractivity contribution is 14.0. The number of rotatable bonds is 9. The second-order valence-corrected chi connectivity index (χ2v) is 7.49. The van der Waals surface area contributed by atoms with Gasteiger partial charge in [0.15, 0.2) is 5.96 Å². The maximum Gasteiger partial charge on any atom is 0.191 e. The number of guanidine groups is 1. The first-order valence-corrected chi connectivity index (χ1v) is 10.2. The summed E-state index contributed by atoms with van der Waals surface area (Å²) in [6.45, 7) is 7.62. The van der Waals surface area contributed by atoms with Crippen molar-refractivity contribution in [3.05, 3.63) is 33.8 Å². The number of aliphatic hydroxyl groups excluding tert-OH is 1. The van der Waals surface area contributed by atoms with Crippen LogP contribution in [0.2, 0.25) is 10.0 Å². The van der Waals surface area contributed by atoms with Gasteiger partial charge in [-0.1, -0.05) is 23.2 Å². The lowest BCUT2D eigenvalue weighted by Crippen LogP contribution is -2.38. The summed E-state index contributed by atoms with van der Waals surface area (Å²) in [5.41, 5.74) is 0.674. The van der Waals surface area contributed by atoms with Gasteiger partial charge in [0.2, 0.25) is 0 Å². The highest BCUT2D eigenvalue weighted by Gasteiger charge is 2.11. The Labute approximate surface area is 189 Å². The van der Waals surface area contributed by atoms with Crippen LogP contribution in [0.1, 0.15) is 44.3 Å². The summed E-state index contributed by atoms with van der Waals surface area (Å²) in [7, 11) is 0. The Kier molecular flexibility index (Phi) is 12.7. The molecule has 0 amide bonds. The number of aliphatic hydroxyl groups is 1. The highest BCUT2D eigenvalue weighted by Crippen LogP contribution is 2.23. The van der Waals surface area contributed by atoms with E-state index in [4.69, 9.17) is 23.2 Å². The maximum atomic E-state index is 10.3. The van der Waals surface area contributed by atoms with E-state index >= 15 is 0 Å². The lowest BCUT2D eigenvalue weighted by atomic mass is 10.1. The number of likely N-dealkylation sites (tertiary alicyclic amines) is 1. The molecular weight excluding hydrogens is 498 g/mol. The molecule has 1 unspecified atom stereocenters. The lowest BCUT2D eigenvalue weighted by molar-refractivity contribution is 0.187. The van der Waals surface area contributed by atoms with E-state index in [9.17, 15) is 5.11 Å². The van der Waals surface area contributed by atoms with Crippen LogP contribution >= 0.6 is 47.2 Å². The fraction of sp³-hybridized carbons (Fsp3) is 0.632. The quantitative estimate of drug-likeness (QED) is 0.196. The predicted molar refractivity (Wildman–Crippen MR) is 126 cm³/mol. The number of hydrogen-bond donors (Lipinski definition) is 3. The molecule has 2 rings (SSSR count). The van der Waals surface area contributed by atoms with Crippen LogP contribution < -0.4 is 10.6 Å². The minimum absolute atomic E-state index is 0. The van der Waals surface area contributed by atoms with Crippen LogP contribution in [-0.4, -0.2) is 55.2 Å². The van der Waals surface area contributed by atoms with E-state index in [1.165, 1.54) is 38.9 Å². The van der Waals surface area contributed by atoms with Crippen LogP contribution in [0, 0.1) is 0 Å². The van der Waals surface area contributed by atoms with Crippen LogP contribution in [0.3, 0.4) is 0 Å². The summed E-state index contributed by atoms with van der Waals surface area (Å²) >= 11 is 12.0. The second-order valence-electron chi connectivity index (χ2n) is 6.62. The number of nitrogens with zero attached hydrogens (tertiary/aromatic N) is 2. The third kappa shape index (κ3) is 9.65. The normalized spacial score (nSPS) is 16.1. The zero-order chi connectivity index (χ0) is 18.8. The molecular formula is C19H31Cl2IN4O. The number of halogens is 3. The molecule has 1 aromatic carbocycles. The van der Waals surface area contributed by atoms with Gasteiger partial charge in [-0.25, -0.2) is 0 Å². The Morgan fingerprint density at radius 1 is 1.15 bits per heavy atom. The molecule has 0 spiro atoms. The topological polar surface area (TPSA) is 59.9 Å². The van der Waals surface area contributed by atoms with Gasteiger partial charge >= 0.3 is 0 Å². The van der Waals surface area contributed by atoms with Gasteiger partial charge in [0.1, 0.15) is 0 Å². The minimum Gasteiger partial charge on any atom is -0.386 e. The Morgan fingerprint density at radius 3 is 2.44 bits per heavy atom. The summed E-state index contributed by atoms with van der Waals surface area (Å²) in [6.07, 6.45) is 4.24. The lowest BCUT2D eigenvalue weighted by Gasteiger charge is -2.15. The molecule has 1 atom stereocenters. The van der Waals surface area contributed by atoms with Crippen LogP contribution in [0.15, 0.2) is 23.2 Å². The van der Waals surface area contributed by atoms with Crippen molar-refractivity contribution in [2.45, 2.75) is 38.7 Å². The Balaban J connectivity index is 0.00000364. The monoisotopic (exact) mass is 528 g/mol. The molecule has 5 nitrogen and oxygen atoms in total. The molecule has 154 valence electrons. The van der Waals surface area contributed by atoms with E-state index < -0.39 is 6.10 Å². The Morgan fingerprint density at radius 2 is 1.81 bits per heavy atom. The number of nitrogens with one attached hydrogen (secondary N) is 2. The molecule has 0 bridgehead atoms. The molecule has 1 aliphatic rings. The van der Waals surface area contributed by atoms with Gasteiger partial charge in [-0.15, -0.1) is 24.0 Å². The van der Waals surface area contributed by atoms with Gasteiger partial charge in [-0.05, 0) is 76.0 Å². The van der Waals surface area contributed by atoms with Crippen LogP contribution in [0.25, 0.3) is 0 Å². The van der Waals surface area contributed by atoms with Crippen molar-refractivity contribution in [1.29, 1.82) is 0 Å². The van der Waals surface area contributed by atoms with Crippen molar-refractivity contribution in [3.8, 4) is 0 Å². The zero-order valence-corrected chi connectivity index (χ0v) is 19.7. The van der Waals surface area contributed by atoms with Crippen molar-refractivity contribution >= 4 is 53.1 Å². The Bertz CT molecular complexity index is 563. The van der Waals surface area contributed by atoms with Crippen LogP contribution in [0.4, 0.5) is 0 Å². The van der Waals surface area contributed by atoms with Gasteiger partial charge < -0.3 is 20.6 Å². The van der Waals surface area contributed by atoms with Crippen molar-refractivity contribution in [2.24, 2.45) is 4.99 Å². The van der Waals surface area contributed by atoms with Crippen LogP contribution in [-0.2, 0) is 0 Å². The molecule has 3 N–H and O–H groups in total. The molecule has 1 heterocycles. The largest absolute Gasteiger partial charge is 0.386 e. The van der Waals surface area contributed by atoms with E-state index in [1.807, 2.05) is 6.92 Å². The second kappa shape index (κ2) is 13.8. The molecule has 1 saturated heterocycles. The third-order valence-corrected chi connectivity index (χ3v) is 4.86. The van der Waals surface area contributed by atoms with Crippen molar-refractivity contribution in [1.82, 2.24) is 15.5 Å². The summed E-state index contributed by atoms with van der Waals surface area (Å²) in [5.74, 6) is 0.723. The fourth-order valence-corrected chi connectivity index (χ4v) is 3.61. The molecule has 0 aromatic heterocycles. The maximum absolute atomic E-state index is 10.3. The number of benzene rings is 1. The Hall–Kier alpha value is -0.280. The van der Waals surface area contributed by atoms with E-state index in [1.54, 1.807) is 18.2 Å². The zero-order valence-electron chi connectivity index (χ0n) is 15.9. The first-order valence-electron chi connectivity index (χ1n) is 9.47. The van der Waals surface area contributed by atoms with E-state index in [0.717, 1.165) is 25.5 Å². The first kappa shape index (κ1) is 24.8. The fourth-order valence-electron chi connectivity index (χ4n) is 3.07. The van der Waals surface area contributed by atoms with Gasteiger partial charge in [0.05, 0.1) is 12.6 Å². The molecule has 1 aliphatic heterocycles. The summed E-state index contributed by atoms with van der Waals surface area (Å²) in [5, 5.41) is 17.9. The smallest absolute Gasteiger partial charge is 0.191 e. The summed E-state index contributed by atoms with van der Waals surface area (Å²) in [6, 6.07) is 5.08. The molecule has 0 saturated carbocycles. The molecule has 1 aromatic rings. The number of aliphatic imine (C=N–C) groups is 1. The van der Waals surface area contributed by atoms with Gasteiger partial charge in [-0.3, -0.25) is 4.99 Å². The van der Waals surface area contributed by atoms with Crippen molar-refractivity contribution in [2.75, 3.05) is 39.3 Å². The van der Waals surface area contributed by atoms with Crippen LogP contribution in [0.5, 0.6) is 0 Å². The van der Waals surface area contributed by atoms with Gasteiger partial charge in [0.25, 0.3) is 0 Å². The number of unbranched alkanes of at least 4 members (excludes halogenated alkanes) is 1. The molecule has 0 radical (unpaired) electrons. The average molecular weight is 529 g/mol. The van der Waals surface area contributed by atoms with E-state index in [0.29, 0.717) is 15.6 Å². The predicted octanol–water partition coefficient (Wildman–Crippen LogP) is 4.08. The van der Waals surface area contributed by atoms with E-state index in [2.05, 4.69) is 20.5 Å². The SMILES string of the molecule is CCNC(=NCC(O)c1cc(Cl)cc(Cl)c1)NCCCCN1CCCC1.I.